The Kier molecular flexibility index (Phi) is 10.5. The second-order valence-corrected chi connectivity index (χ2v) is 13.3. The van der Waals surface area contributed by atoms with Gasteiger partial charge in [-0.15, -0.1) is 0 Å². The van der Waals surface area contributed by atoms with Gasteiger partial charge in [0.15, 0.2) is 0 Å². The first-order chi connectivity index (χ1) is 22.5. The number of carboxylic acid groups (broad SMARTS) is 1. The van der Waals surface area contributed by atoms with E-state index in [1.54, 1.807) is 20.8 Å². The van der Waals surface area contributed by atoms with Crippen LogP contribution in [-0.4, -0.2) is 82.4 Å². The molecular formula is C37H43N3O7. The van der Waals surface area contributed by atoms with Gasteiger partial charge in [0.1, 0.15) is 24.3 Å². The van der Waals surface area contributed by atoms with E-state index in [0.29, 0.717) is 25.8 Å². The molecule has 47 heavy (non-hydrogen) atoms. The fraction of sp³-hybridized carbons (Fsp3) is 0.405. The Morgan fingerprint density at radius 3 is 1.83 bits per heavy atom. The van der Waals surface area contributed by atoms with Crippen molar-refractivity contribution in [3.05, 3.63) is 108 Å². The highest BCUT2D eigenvalue weighted by Crippen LogP contribution is 2.34. The SMILES string of the molecule is CC(C)(C)OC(=O)N1CC(c2ccccc2)CC1C(=O)OCC(Cc1ccccc1)NC(=O)[C@@H]1C[C@H](c2ccccc2)CN1C(=O)O. The van der Waals surface area contributed by atoms with Crippen molar-refractivity contribution in [3.8, 4) is 0 Å². The first kappa shape index (κ1) is 33.5. The number of nitrogens with zero attached hydrogens (tertiary/aromatic N) is 2. The maximum Gasteiger partial charge on any atom is 0.411 e. The van der Waals surface area contributed by atoms with Crippen molar-refractivity contribution in [3.63, 3.8) is 0 Å². The van der Waals surface area contributed by atoms with E-state index in [1.807, 2.05) is 91.0 Å². The molecule has 3 unspecified atom stereocenters. The molecule has 2 fully saturated rings. The van der Waals surface area contributed by atoms with Gasteiger partial charge in [0.05, 0.1) is 6.04 Å². The van der Waals surface area contributed by atoms with Crippen molar-refractivity contribution in [1.82, 2.24) is 15.1 Å². The number of hydrogen-bond acceptors (Lipinski definition) is 6. The standard InChI is InChI=1S/C37H43N3O7/c1-37(2,3)47-36(45)40-23-29(27-17-11-6-12-18-27)21-32(40)34(42)46-24-30(19-25-13-7-4-8-14-25)38-33(41)31-20-28(22-39(31)35(43)44)26-15-9-5-10-16-26/h4-18,28-32H,19-24H2,1-3H3,(H,38,41)(H,43,44)/t28-,29?,30?,31-,32?/m0/s1. The van der Waals surface area contributed by atoms with Crippen molar-refractivity contribution in [2.24, 2.45) is 0 Å². The third-order valence-corrected chi connectivity index (χ3v) is 8.69. The summed E-state index contributed by atoms with van der Waals surface area (Å²) in [5.41, 5.74) is 2.16. The van der Waals surface area contributed by atoms with E-state index in [4.69, 9.17) is 9.47 Å². The minimum absolute atomic E-state index is 0.0805. The third kappa shape index (κ3) is 8.69. The zero-order chi connectivity index (χ0) is 33.6. The zero-order valence-corrected chi connectivity index (χ0v) is 27.1. The quantitative estimate of drug-likeness (QED) is 0.292. The molecule has 2 heterocycles. The summed E-state index contributed by atoms with van der Waals surface area (Å²) in [5.74, 6) is -1.22. The van der Waals surface area contributed by atoms with Gasteiger partial charge < -0.3 is 19.9 Å². The van der Waals surface area contributed by atoms with E-state index >= 15 is 0 Å². The second-order valence-electron chi connectivity index (χ2n) is 13.3. The molecule has 2 aliphatic heterocycles. The summed E-state index contributed by atoms with van der Waals surface area (Å²) in [5, 5.41) is 12.9. The number of rotatable bonds is 9. The van der Waals surface area contributed by atoms with Crippen LogP contribution in [0.1, 0.15) is 62.1 Å². The van der Waals surface area contributed by atoms with Gasteiger partial charge in [-0.2, -0.15) is 0 Å². The number of carbonyl (C=O) groups excluding carboxylic acids is 3. The van der Waals surface area contributed by atoms with Gasteiger partial charge in [-0.05, 0) is 56.7 Å². The monoisotopic (exact) mass is 641 g/mol. The van der Waals surface area contributed by atoms with E-state index < -0.39 is 47.8 Å². The zero-order valence-electron chi connectivity index (χ0n) is 27.1. The maximum atomic E-state index is 13.7. The molecule has 3 aromatic rings. The van der Waals surface area contributed by atoms with Gasteiger partial charge in [-0.3, -0.25) is 14.6 Å². The Morgan fingerprint density at radius 2 is 1.30 bits per heavy atom. The highest BCUT2D eigenvalue weighted by Gasteiger charge is 2.44. The van der Waals surface area contributed by atoms with Gasteiger partial charge in [-0.25, -0.2) is 14.4 Å². The Hall–Kier alpha value is -4.86. The highest BCUT2D eigenvalue weighted by molar-refractivity contribution is 5.86. The fourth-order valence-corrected chi connectivity index (χ4v) is 6.44. The van der Waals surface area contributed by atoms with E-state index in [-0.39, 0.29) is 25.0 Å². The molecule has 10 heteroatoms. The van der Waals surface area contributed by atoms with Crippen LogP contribution in [0.2, 0.25) is 0 Å². The molecule has 0 bridgehead atoms. The van der Waals surface area contributed by atoms with Crippen LogP contribution in [0.25, 0.3) is 0 Å². The minimum Gasteiger partial charge on any atom is -0.465 e. The molecule has 3 amide bonds. The lowest BCUT2D eigenvalue weighted by atomic mass is 9.96. The fourth-order valence-electron chi connectivity index (χ4n) is 6.44. The Morgan fingerprint density at radius 1 is 0.787 bits per heavy atom. The first-order valence-electron chi connectivity index (χ1n) is 16.1. The molecule has 0 aromatic heterocycles. The number of esters is 1. The Bertz CT molecular complexity index is 1530. The predicted octanol–water partition coefficient (Wildman–Crippen LogP) is 5.59. The molecule has 10 nitrogen and oxygen atoms in total. The first-order valence-corrected chi connectivity index (χ1v) is 16.1. The summed E-state index contributed by atoms with van der Waals surface area (Å²) in [6.07, 6.45) is -0.683. The van der Waals surface area contributed by atoms with Crippen molar-refractivity contribution in [2.75, 3.05) is 19.7 Å². The van der Waals surface area contributed by atoms with Crippen LogP contribution in [0.5, 0.6) is 0 Å². The van der Waals surface area contributed by atoms with Gasteiger partial charge in [0.25, 0.3) is 0 Å². The summed E-state index contributed by atoms with van der Waals surface area (Å²) in [6, 6.07) is 26.4. The number of benzene rings is 3. The number of nitrogens with one attached hydrogen (secondary N) is 1. The normalized spacial score (nSPS) is 21.6. The van der Waals surface area contributed by atoms with Crippen LogP contribution in [0.15, 0.2) is 91.0 Å². The van der Waals surface area contributed by atoms with Crippen LogP contribution < -0.4 is 5.32 Å². The van der Waals surface area contributed by atoms with E-state index in [1.165, 1.54) is 9.80 Å². The summed E-state index contributed by atoms with van der Waals surface area (Å²) in [4.78, 5) is 55.4. The van der Waals surface area contributed by atoms with E-state index in [9.17, 15) is 24.3 Å². The summed E-state index contributed by atoms with van der Waals surface area (Å²) < 4.78 is 11.5. The van der Waals surface area contributed by atoms with Gasteiger partial charge in [-0.1, -0.05) is 91.0 Å². The molecule has 2 N–H and O–H groups in total. The third-order valence-electron chi connectivity index (χ3n) is 8.69. The van der Waals surface area contributed by atoms with Crippen LogP contribution in [0, 0.1) is 0 Å². The molecule has 2 saturated heterocycles. The average molecular weight is 642 g/mol. The van der Waals surface area contributed by atoms with Crippen LogP contribution in [0.4, 0.5) is 9.59 Å². The molecule has 0 spiro atoms. The summed E-state index contributed by atoms with van der Waals surface area (Å²) in [7, 11) is 0. The van der Waals surface area contributed by atoms with Crippen LogP contribution in [0.3, 0.4) is 0 Å². The lowest BCUT2D eigenvalue weighted by molar-refractivity contribution is -0.150. The lowest BCUT2D eigenvalue weighted by Crippen LogP contribution is -2.51. The number of amides is 3. The largest absolute Gasteiger partial charge is 0.465 e. The Balaban J connectivity index is 1.31. The van der Waals surface area contributed by atoms with E-state index in [2.05, 4.69) is 5.32 Å². The molecular weight excluding hydrogens is 598 g/mol. The smallest absolute Gasteiger partial charge is 0.411 e. The highest BCUT2D eigenvalue weighted by atomic mass is 16.6. The minimum atomic E-state index is -1.16. The van der Waals surface area contributed by atoms with Crippen molar-refractivity contribution in [2.45, 2.75) is 75.6 Å². The van der Waals surface area contributed by atoms with Crippen molar-refractivity contribution >= 4 is 24.1 Å². The van der Waals surface area contributed by atoms with Crippen molar-refractivity contribution in [1.29, 1.82) is 0 Å². The molecule has 0 radical (unpaired) electrons. The second kappa shape index (κ2) is 14.7. The number of hydrogen-bond donors (Lipinski definition) is 2. The summed E-state index contributed by atoms with van der Waals surface area (Å²) >= 11 is 0. The van der Waals surface area contributed by atoms with Crippen molar-refractivity contribution < 1.29 is 33.8 Å². The van der Waals surface area contributed by atoms with Gasteiger partial charge in [0, 0.05) is 24.9 Å². The molecule has 5 atom stereocenters. The van der Waals surface area contributed by atoms with Crippen LogP contribution in [-0.2, 0) is 25.5 Å². The predicted molar refractivity (Wildman–Crippen MR) is 176 cm³/mol. The number of likely N-dealkylation sites (tertiary alicyclic amines) is 2. The molecule has 0 aliphatic carbocycles. The molecule has 248 valence electrons. The van der Waals surface area contributed by atoms with Crippen LogP contribution >= 0.6 is 0 Å². The average Bonchev–Trinajstić information content (AvgIpc) is 3.71. The number of carbonyl (C=O) groups is 4. The summed E-state index contributed by atoms with van der Waals surface area (Å²) in [6.45, 7) is 5.68. The maximum absolute atomic E-state index is 13.7. The molecule has 2 aliphatic rings. The lowest BCUT2D eigenvalue weighted by Gasteiger charge is -2.28. The topological polar surface area (TPSA) is 125 Å². The number of ether oxygens (including phenoxy) is 2. The van der Waals surface area contributed by atoms with Gasteiger partial charge in [0.2, 0.25) is 5.91 Å². The Labute approximate surface area is 275 Å². The van der Waals surface area contributed by atoms with Gasteiger partial charge >= 0.3 is 18.2 Å². The molecule has 0 saturated carbocycles. The molecule has 3 aromatic carbocycles. The van der Waals surface area contributed by atoms with E-state index in [0.717, 1.165) is 16.7 Å². The molecule has 5 rings (SSSR count).